The van der Waals surface area contributed by atoms with Gasteiger partial charge in [0, 0.05) is 0 Å². The average molecular weight is 234 g/mol. The van der Waals surface area contributed by atoms with E-state index in [1.54, 1.807) is 13.8 Å². The Kier molecular flexibility index (Phi) is 3.07. The topological polar surface area (TPSA) is 64.4 Å². The molecule has 92 valence electrons. The second-order valence-corrected chi connectivity index (χ2v) is 5.01. The first kappa shape index (κ1) is 11.9. The highest BCUT2D eigenvalue weighted by molar-refractivity contribution is 5.85. The lowest BCUT2D eigenvalue weighted by Crippen LogP contribution is -2.54. The summed E-state index contributed by atoms with van der Waals surface area (Å²) in [6.07, 6.45) is 0.790. The van der Waals surface area contributed by atoms with E-state index in [1.807, 2.05) is 24.3 Å². The standard InChI is InChI=1S/C13H18N2O2/c1-13(2,14)12(16)15-10-7-9-5-3-4-6-11(9)17-8-10/h3-6,10H,7-8,14H2,1-2H3,(H,15,16). The van der Waals surface area contributed by atoms with Crippen LogP contribution >= 0.6 is 0 Å². The van der Waals surface area contributed by atoms with Gasteiger partial charge in [-0.2, -0.15) is 0 Å². The van der Waals surface area contributed by atoms with Crippen LogP contribution in [-0.4, -0.2) is 24.1 Å². The molecule has 1 unspecified atom stereocenters. The maximum Gasteiger partial charge on any atom is 0.239 e. The molecule has 1 heterocycles. The van der Waals surface area contributed by atoms with Gasteiger partial charge in [-0.1, -0.05) is 18.2 Å². The Bertz CT molecular complexity index is 424. The second kappa shape index (κ2) is 4.37. The molecule has 1 aliphatic rings. The third kappa shape index (κ3) is 2.77. The largest absolute Gasteiger partial charge is 0.491 e. The summed E-state index contributed by atoms with van der Waals surface area (Å²) in [5.41, 5.74) is 6.01. The van der Waals surface area contributed by atoms with E-state index < -0.39 is 5.54 Å². The van der Waals surface area contributed by atoms with Crippen molar-refractivity contribution in [3.8, 4) is 5.75 Å². The smallest absolute Gasteiger partial charge is 0.239 e. The van der Waals surface area contributed by atoms with E-state index in [2.05, 4.69) is 5.32 Å². The number of para-hydroxylation sites is 1. The van der Waals surface area contributed by atoms with Gasteiger partial charge in [0.15, 0.2) is 0 Å². The normalized spacial score (nSPS) is 19.1. The molecule has 1 amide bonds. The van der Waals surface area contributed by atoms with Gasteiger partial charge in [-0.25, -0.2) is 0 Å². The Hall–Kier alpha value is -1.55. The van der Waals surface area contributed by atoms with Gasteiger partial charge in [-0.15, -0.1) is 0 Å². The number of ether oxygens (including phenoxy) is 1. The monoisotopic (exact) mass is 234 g/mol. The number of benzene rings is 1. The zero-order valence-electron chi connectivity index (χ0n) is 10.2. The van der Waals surface area contributed by atoms with Crippen molar-refractivity contribution < 1.29 is 9.53 Å². The number of carbonyl (C=O) groups excluding carboxylic acids is 1. The average Bonchev–Trinajstić information content (AvgIpc) is 2.27. The number of hydrogen-bond acceptors (Lipinski definition) is 3. The summed E-state index contributed by atoms with van der Waals surface area (Å²) in [6, 6.07) is 7.88. The lowest BCUT2D eigenvalue weighted by Gasteiger charge is -2.28. The summed E-state index contributed by atoms with van der Waals surface area (Å²) in [5.74, 6) is 0.760. The van der Waals surface area contributed by atoms with Crippen molar-refractivity contribution in [2.45, 2.75) is 31.8 Å². The SMILES string of the molecule is CC(C)(N)C(=O)NC1COc2ccccc2C1. The van der Waals surface area contributed by atoms with Crippen LogP contribution in [0.1, 0.15) is 19.4 Å². The highest BCUT2D eigenvalue weighted by atomic mass is 16.5. The van der Waals surface area contributed by atoms with Crippen molar-refractivity contribution in [3.05, 3.63) is 29.8 Å². The van der Waals surface area contributed by atoms with Gasteiger partial charge in [0.05, 0.1) is 11.6 Å². The van der Waals surface area contributed by atoms with E-state index in [4.69, 9.17) is 10.5 Å². The molecule has 0 fully saturated rings. The van der Waals surface area contributed by atoms with Gasteiger partial charge in [0.25, 0.3) is 0 Å². The van der Waals surface area contributed by atoms with Crippen molar-refractivity contribution in [1.29, 1.82) is 0 Å². The van der Waals surface area contributed by atoms with E-state index >= 15 is 0 Å². The highest BCUT2D eigenvalue weighted by Gasteiger charge is 2.27. The third-order valence-corrected chi connectivity index (χ3v) is 2.80. The number of amides is 1. The molecular weight excluding hydrogens is 216 g/mol. The predicted molar refractivity (Wildman–Crippen MR) is 65.8 cm³/mol. The van der Waals surface area contributed by atoms with Gasteiger partial charge in [-0.05, 0) is 31.9 Å². The van der Waals surface area contributed by atoms with E-state index in [0.29, 0.717) is 6.61 Å². The van der Waals surface area contributed by atoms with Crippen molar-refractivity contribution in [2.24, 2.45) is 5.73 Å². The molecule has 1 atom stereocenters. The van der Waals surface area contributed by atoms with Gasteiger partial charge in [0.2, 0.25) is 5.91 Å². The third-order valence-electron chi connectivity index (χ3n) is 2.80. The number of hydrogen-bond donors (Lipinski definition) is 2. The lowest BCUT2D eigenvalue weighted by molar-refractivity contribution is -0.126. The first-order chi connectivity index (χ1) is 7.97. The summed E-state index contributed by atoms with van der Waals surface area (Å²) in [7, 11) is 0. The minimum atomic E-state index is -0.850. The maximum atomic E-state index is 11.8. The number of rotatable bonds is 2. The molecule has 0 bridgehead atoms. The molecule has 0 saturated carbocycles. The van der Waals surface area contributed by atoms with Crippen LogP contribution in [-0.2, 0) is 11.2 Å². The Balaban J connectivity index is 2.01. The molecule has 0 spiro atoms. The summed E-state index contributed by atoms with van der Waals surface area (Å²) < 4.78 is 5.59. The molecular formula is C13H18N2O2. The van der Waals surface area contributed by atoms with Crippen LogP contribution in [0.5, 0.6) is 5.75 Å². The van der Waals surface area contributed by atoms with Crippen LogP contribution in [0.4, 0.5) is 0 Å². The fourth-order valence-electron chi connectivity index (χ4n) is 1.79. The molecule has 1 aromatic carbocycles. The van der Waals surface area contributed by atoms with Crippen LogP contribution in [0.15, 0.2) is 24.3 Å². The fourth-order valence-corrected chi connectivity index (χ4v) is 1.79. The van der Waals surface area contributed by atoms with E-state index in [1.165, 1.54) is 0 Å². The minimum absolute atomic E-state index is 0.000208. The zero-order valence-corrected chi connectivity index (χ0v) is 10.2. The van der Waals surface area contributed by atoms with Gasteiger partial charge in [0.1, 0.15) is 12.4 Å². The zero-order chi connectivity index (χ0) is 12.5. The Morgan fingerprint density at radius 2 is 2.18 bits per heavy atom. The van der Waals surface area contributed by atoms with E-state index in [9.17, 15) is 4.79 Å². The first-order valence-corrected chi connectivity index (χ1v) is 5.77. The lowest BCUT2D eigenvalue weighted by atomic mass is 10.0. The second-order valence-electron chi connectivity index (χ2n) is 5.01. The van der Waals surface area contributed by atoms with Gasteiger partial charge >= 0.3 is 0 Å². The summed E-state index contributed by atoms with van der Waals surface area (Å²) >= 11 is 0. The molecule has 0 aliphatic carbocycles. The predicted octanol–water partition coefficient (Wildman–Crippen LogP) is 0.844. The Morgan fingerprint density at radius 3 is 2.88 bits per heavy atom. The van der Waals surface area contributed by atoms with E-state index in [0.717, 1.165) is 17.7 Å². The maximum absolute atomic E-state index is 11.8. The molecule has 1 aliphatic heterocycles. The van der Waals surface area contributed by atoms with E-state index in [-0.39, 0.29) is 11.9 Å². The Labute approximate surface area is 101 Å². The van der Waals surface area contributed by atoms with Crippen LogP contribution in [0, 0.1) is 0 Å². The van der Waals surface area contributed by atoms with Crippen LogP contribution in [0.25, 0.3) is 0 Å². The van der Waals surface area contributed by atoms with Gasteiger partial charge in [-0.3, -0.25) is 4.79 Å². The Morgan fingerprint density at radius 1 is 1.47 bits per heavy atom. The minimum Gasteiger partial charge on any atom is -0.491 e. The molecule has 4 heteroatoms. The van der Waals surface area contributed by atoms with Crippen LogP contribution < -0.4 is 15.8 Å². The van der Waals surface area contributed by atoms with Crippen molar-refractivity contribution in [2.75, 3.05) is 6.61 Å². The van der Waals surface area contributed by atoms with Crippen molar-refractivity contribution >= 4 is 5.91 Å². The summed E-state index contributed by atoms with van der Waals surface area (Å²) in [5, 5.41) is 2.91. The number of nitrogens with two attached hydrogens (primary N) is 1. The van der Waals surface area contributed by atoms with Gasteiger partial charge < -0.3 is 15.8 Å². The number of fused-ring (bicyclic) bond motifs is 1. The van der Waals surface area contributed by atoms with Crippen molar-refractivity contribution in [1.82, 2.24) is 5.32 Å². The molecule has 0 saturated heterocycles. The molecule has 2 rings (SSSR count). The quantitative estimate of drug-likeness (QED) is 0.797. The van der Waals surface area contributed by atoms with Crippen molar-refractivity contribution in [3.63, 3.8) is 0 Å². The summed E-state index contributed by atoms with van der Waals surface area (Å²) in [6.45, 7) is 3.89. The van der Waals surface area contributed by atoms with Crippen LogP contribution in [0.2, 0.25) is 0 Å². The fraction of sp³-hybridized carbons (Fsp3) is 0.462. The number of carbonyl (C=O) groups is 1. The number of nitrogens with one attached hydrogen (secondary N) is 1. The molecule has 17 heavy (non-hydrogen) atoms. The molecule has 1 aromatic rings. The summed E-state index contributed by atoms with van der Waals surface area (Å²) in [4.78, 5) is 11.8. The highest BCUT2D eigenvalue weighted by Crippen LogP contribution is 2.23. The molecule has 0 radical (unpaired) electrons. The first-order valence-electron chi connectivity index (χ1n) is 5.77. The molecule has 4 nitrogen and oxygen atoms in total. The molecule has 3 N–H and O–H groups in total. The van der Waals surface area contributed by atoms with Crippen LogP contribution in [0.3, 0.4) is 0 Å². The molecule has 0 aromatic heterocycles.